The second kappa shape index (κ2) is 4.55. The van der Waals surface area contributed by atoms with Crippen molar-refractivity contribution in [1.29, 1.82) is 0 Å². The van der Waals surface area contributed by atoms with Gasteiger partial charge in [-0.25, -0.2) is 4.79 Å². The van der Waals surface area contributed by atoms with Crippen LogP contribution in [0.15, 0.2) is 24.3 Å². The van der Waals surface area contributed by atoms with Gasteiger partial charge in [-0.15, -0.1) is 0 Å². The van der Waals surface area contributed by atoms with Crippen LogP contribution in [0.5, 0.6) is 0 Å². The van der Waals surface area contributed by atoms with Crippen molar-refractivity contribution in [3.05, 3.63) is 39.9 Å². The van der Waals surface area contributed by atoms with E-state index in [1.54, 1.807) is 0 Å². The molecule has 3 unspecified atom stereocenters. The first kappa shape index (κ1) is 14.0. The van der Waals surface area contributed by atoms with Crippen molar-refractivity contribution in [2.75, 3.05) is 0 Å². The number of nitro groups is 1. The summed E-state index contributed by atoms with van der Waals surface area (Å²) >= 11 is 0. The first-order valence-corrected chi connectivity index (χ1v) is 7.31. The van der Waals surface area contributed by atoms with E-state index in [-0.39, 0.29) is 17.1 Å². The summed E-state index contributed by atoms with van der Waals surface area (Å²) in [5.74, 6) is 0.269. The Labute approximate surface area is 123 Å². The number of benzene rings is 1. The third kappa shape index (κ3) is 2.20. The molecule has 5 nitrogen and oxygen atoms in total. The van der Waals surface area contributed by atoms with Crippen LogP contribution in [0, 0.1) is 21.4 Å². The second-order valence-corrected chi connectivity index (χ2v) is 6.80. The molecule has 2 aliphatic carbocycles. The summed E-state index contributed by atoms with van der Waals surface area (Å²) in [7, 11) is 0. The standard InChI is InChI=1S/C16H19NO4/c1-15-8-7-11(9-15)10-16(15,2)21-14(18)12-3-5-13(6-4-12)17(19)20/h3-6,11H,7-10H2,1-2H3. The summed E-state index contributed by atoms with van der Waals surface area (Å²) in [5, 5.41) is 10.6. The Balaban J connectivity index is 1.76. The number of fused-ring (bicyclic) bond motifs is 2. The van der Waals surface area contributed by atoms with Gasteiger partial charge in [-0.05, 0) is 50.7 Å². The molecule has 5 heteroatoms. The van der Waals surface area contributed by atoms with Crippen molar-refractivity contribution in [2.24, 2.45) is 11.3 Å². The molecule has 0 aliphatic heterocycles. The van der Waals surface area contributed by atoms with Gasteiger partial charge in [-0.2, -0.15) is 0 Å². The highest BCUT2D eigenvalue weighted by Gasteiger charge is 2.58. The predicted octanol–water partition coefficient (Wildman–Crippen LogP) is 3.72. The molecule has 21 heavy (non-hydrogen) atoms. The molecule has 0 heterocycles. The largest absolute Gasteiger partial charge is 0.455 e. The van der Waals surface area contributed by atoms with Gasteiger partial charge in [-0.1, -0.05) is 6.92 Å². The molecule has 2 bridgehead atoms. The van der Waals surface area contributed by atoms with E-state index in [2.05, 4.69) is 6.92 Å². The average molecular weight is 289 g/mol. The fourth-order valence-electron chi connectivity index (χ4n) is 3.96. The van der Waals surface area contributed by atoms with Crippen molar-refractivity contribution in [1.82, 2.24) is 0 Å². The van der Waals surface area contributed by atoms with E-state index >= 15 is 0 Å². The highest BCUT2D eigenvalue weighted by Crippen LogP contribution is 2.61. The molecular formula is C16H19NO4. The zero-order valence-corrected chi connectivity index (χ0v) is 12.3. The monoisotopic (exact) mass is 289 g/mol. The Morgan fingerprint density at radius 2 is 1.95 bits per heavy atom. The molecular weight excluding hydrogens is 270 g/mol. The SMILES string of the molecule is CC12CCC(C1)CC2(C)OC(=O)c1ccc([N+](=O)[O-])cc1. The molecule has 1 aromatic carbocycles. The lowest BCUT2D eigenvalue weighted by atomic mass is 9.73. The minimum atomic E-state index is -0.479. The molecule has 3 rings (SSSR count). The van der Waals surface area contributed by atoms with E-state index in [4.69, 9.17) is 4.74 Å². The summed E-state index contributed by atoms with van der Waals surface area (Å²) in [6.45, 7) is 4.22. The molecule has 0 radical (unpaired) electrons. The van der Waals surface area contributed by atoms with Crippen molar-refractivity contribution in [2.45, 2.75) is 45.1 Å². The average Bonchev–Trinajstić information content (AvgIpc) is 2.91. The molecule has 112 valence electrons. The van der Waals surface area contributed by atoms with E-state index in [9.17, 15) is 14.9 Å². The maximum absolute atomic E-state index is 12.3. The van der Waals surface area contributed by atoms with Crippen LogP contribution in [0.4, 0.5) is 5.69 Å². The van der Waals surface area contributed by atoms with Crippen molar-refractivity contribution in [3.63, 3.8) is 0 Å². The second-order valence-electron chi connectivity index (χ2n) is 6.80. The summed E-state index contributed by atoms with van der Waals surface area (Å²) in [6, 6.07) is 5.58. The van der Waals surface area contributed by atoms with Crippen LogP contribution in [0.1, 0.15) is 49.9 Å². The molecule has 0 spiro atoms. The summed E-state index contributed by atoms with van der Waals surface area (Å²) in [5.41, 5.74) is -0.0130. The number of nitrogens with zero attached hydrogens (tertiary/aromatic N) is 1. The lowest BCUT2D eigenvalue weighted by molar-refractivity contribution is -0.384. The minimum Gasteiger partial charge on any atom is -0.455 e. The number of carbonyl (C=O) groups is 1. The number of ether oxygens (including phenoxy) is 1. The van der Waals surface area contributed by atoms with E-state index < -0.39 is 10.5 Å². The van der Waals surface area contributed by atoms with Crippen LogP contribution < -0.4 is 0 Å². The molecule has 2 saturated carbocycles. The Kier molecular flexibility index (Phi) is 3.04. The van der Waals surface area contributed by atoms with E-state index in [0.29, 0.717) is 11.5 Å². The first-order chi connectivity index (χ1) is 9.83. The van der Waals surface area contributed by atoms with Gasteiger partial charge in [-0.3, -0.25) is 10.1 Å². The van der Waals surface area contributed by atoms with Gasteiger partial charge < -0.3 is 4.74 Å². The number of carbonyl (C=O) groups excluding carboxylic acids is 1. The van der Waals surface area contributed by atoms with Crippen LogP contribution in [0.25, 0.3) is 0 Å². The van der Waals surface area contributed by atoms with Crippen LogP contribution in [-0.4, -0.2) is 16.5 Å². The third-order valence-electron chi connectivity index (χ3n) is 5.43. The van der Waals surface area contributed by atoms with Crippen LogP contribution in [0.2, 0.25) is 0 Å². The summed E-state index contributed by atoms with van der Waals surface area (Å²) in [4.78, 5) is 22.5. The van der Waals surface area contributed by atoms with Crippen molar-refractivity contribution in [3.8, 4) is 0 Å². The van der Waals surface area contributed by atoms with E-state index in [1.165, 1.54) is 30.7 Å². The van der Waals surface area contributed by atoms with Gasteiger partial charge in [0, 0.05) is 17.5 Å². The summed E-state index contributed by atoms with van der Waals surface area (Å²) < 4.78 is 5.81. The van der Waals surface area contributed by atoms with Gasteiger partial charge in [0.05, 0.1) is 10.5 Å². The minimum absolute atomic E-state index is 0.0235. The Morgan fingerprint density at radius 3 is 2.43 bits per heavy atom. The number of non-ortho nitro benzene ring substituents is 1. The van der Waals surface area contributed by atoms with Crippen LogP contribution >= 0.6 is 0 Å². The number of rotatable bonds is 3. The quantitative estimate of drug-likeness (QED) is 0.483. The Bertz CT molecular complexity index is 597. The molecule has 0 aromatic heterocycles. The van der Waals surface area contributed by atoms with Crippen molar-refractivity contribution < 1.29 is 14.5 Å². The lowest BCUT2D eigenvalue weighted by Crippen LogP contribution is -2.44. The smallest absolute Gasteiger partial charge is 0.338 e. The van der Waals surface area contributed by atoms with E-state index in [1.807, 2.05) is 6.92 Å². The topological polar surface area (TPSA) is 69.4 Å². The lowest BCUT2D eigenvalue weighted by Gasteiger charge is -2.41. The normalized spacial score (nSPS) is 33.9. The highest BCUT2D eigenvalue weighted by atomic mass is 16.6. The number of nitro benzene ring substituents is 1. The number of esters is 1. The molecule has 2 aliphatic rings. The highest BCUT2D eigenvalue weighted by molar-refractivity contribution is 5.90. The van der Waals surface area contributed by atoms with Gasteiger partial charge in [0.15, 0.2) is 0 Å². The zero-order chi connectivity index (χ0) is 15.3. The fourth-order valence-corrected chi connectivity index (χ4v) is 3.96. The van der Waals surface area contributed by atoms with Gasteiger partial charge in [0.25, 0.3) is 5.69 Å². The third-order valence-corrected chi connectivity index (χ3v) is 5.43. The Morgan fingerprint density at radius 1 is 1.29 bits per heavy atom. The van der Waals surface area contributed by atoms with Gasteiger partial charge in [0.2, 0.25) is 0 Å². The van der Waals surface area contributed by atoms with Crippen LogP contribution in [0.3, 0.4) is 0 Å². The summed E-state index contributed by atoms with van der Waals surface area (Å²) in [6.07, 6.45) is 4.36. The maximum Gasteiger partial charge on any atom is 0.338 e. The maximum atomic E-state index is 12.3. The van der Waals surface area contributed by atoms with Gasteiger partial charge in [0.1, 0.15) is 5.60 Å². The Hall–Kier alpha value is -1.91. The number of hydrogen-bond donors (Lipinski definition) is 0. The first-order valence-electron chi connectivity index (χ1n) is 7.31. The van der Waals surface area contributed by atoms with Gasteiger partial charge >= 0.3 is 5.97 Å². The zero-order valence-electron chi connectivity index (χ0n) is 12.3. The van der Waals surface area contributed by atoms with Crippen LogP contribution in [-0.2, 0) is 4.74 Å². The molecule has 2 fully saturated rings. The molecule has 1 aromatic rings. The van der Waals surface area contributed by atoms with E-state index in [0.717, 1.165) is 19.3 Å². The number of hydrogen-bond acceptors (Lipinski definition) is 4. The predicted molar refractivity (Wildman–Crippen MR) is 77.0 cm³/mol. The molecule has 3 atom stereocenters. The fraction of sp³-hybridized carbons (Fsp3) is 0.562. The molecule has 0 saturated heterocycles. The molecule has 0 amide bonds. The van der Waals surface area contributed by atoms with Crippen molar-refractivity contribution >= 4 is 11.7 Å². The molecule has 0 N–H and O–H groups in total.